The van der Waals surface area contributed by atoms with E-state index in [-0.39, 0.29) is 5.82 Å². The summed E-state index contributed by atoms with van der Waals surface area (Å²) in [4.78, 5) is 0. The van der Waals surface area contributed by atoms with Crippen LogP contribution in [0.1, 0.15) is 75.3 Å². The molecule has 2 heteroatoms. The van der Waals surface area contributed by atoms with Crippen molar-refractivity contribution in [3.05, 3.63) is 29.1 Å². The van der Waals surface area contributed by atoms with Gasteiger partial charge in [-0.2, -0.15) is 0 Å². The third kappa shape index (κ3) is 3.56. The largest absolute Gasteiger partial charge is 0.207 e. The fourth-order valence-electron chi connectivity index (χ4n) is 4.64. The second kappa shape index (κ2) is 7.00. The average molecular weight is 320 g/mol. The predicted molar refractivity (Wildman–Crippen MR) is 96.3 cm³/mol. The number of hydrogen-bond acceptors (Lipinski definition) is 0. The van der Waals surface area contributed by atoms with Crippen LogP contribution in [-0.2, 0) is 0 Å². The standard InChI is InChI=1S/C20H30FP/c1-13-3-5-15(6-4-13)16-7-9-17(10-8-16)18-11-19(21)14(2)20(22)12-18/h11-13,15-17H,3-10,22H2,1-2H3. The van der Waals surface area contributed by atoms with Crippen molar-refractivity contribution in [3.8, 4) is 0 Å². The molecule has 0 amide bonds. The molecular weight excluding hydrogens is 290 g/mol. The molecule has 1 aromatic carbocycles. The van der Waals surface area contributed by atoms with Gasteiger partial charge in [-0.05, 0) is 91.6 Å². The highest BCUT2D eigenvalue weighted by molar-refractivity contribution is 7.27. The molecule has 0 heterocycles. The quantitative estimate of drug-likeness (QED) is 0.610. The monoisotopic (exact) mass is 320 g/mol. The molecule has 0 radical (unpaired) electrons. The van der Waals surface area contributed by atoms with Crippen LogP contribution in [0.15, 0.2) is 12.1 Å². The van der Waals surface area contributed by atoms with Crippen LogP contribution >= 0.6 is 9.24 Å². The summed E-state index contributed by atoms with van der Waals surface area (Å²) < 4.78 is 14.0. The fourth-order valence-corrected chi connectivity index (χ4v) is 4.97. The highest BCUT2D eigenvalue weighted by Gasteiger charge is 2.30. The van der Waals surface area contributed by atoms with Crippen LogP contribution in [-0.4, -0.2) is 0 Å². The van der Waals surface area contributed by atoms with Crippen LogP contribution in [0, 0.1) is 30.5 Å². The lowest BCUT2D eigenvalue weighted by molar-refractivity contribution is 0.165. The minimum atomic E-state index is -0.0362. The van der Waals surface area contributed by atoms with Gasteiger partial charge >= 0.3 is 0 Å². The third-order valence-electron chi connectivity index (χ3n) is 6.38. The zero-order valence-electron chi connectivity index (χ0n) is 14.1. The first kappa shape index (κ1) is 16.4. The van der Waals surface area contributed by atoms with Crippen molar-refractivity contribution in [1.82, 2.24) is 0 Å². The van der Waals surface area contributed by atoms with Crippen molar-refractivity contribution in [3.63, 3.8) is 0 Å². The van der Waals surface area contributed by atoms with E-state index >= 15 is 0 Å². The average Bonchev–Trinajstić information content (AvgIpc) is 2.53. The van der Waals surface area contributed by atoms with Crippen LogP contribution in [0.4, 0.5) is 4.39 Å². The van der Waals surface area contributed by atoms with Gasteiger partial charge in [0.05, 0.1) is 0 Å². The Morgan fingerprint density at radius 3 is 2.00 bits per heavy atom. The molecule has 0 nitrogen and oxygen atoms in total. The van der Waals surface area contributed by atoms with Crippen molar-refractivity contribution < 1.29 is 4.39 Å². The molecule has 2 fully saturated rings. The lowest BCUT2D eigenvalue weighted by Crippen LogP contribution is -2.25. The Morgan fingerprint density at radius 1 is 0.909 bits per heavy atom. The van der Waals surface area contributed by atoms with Crippen LogP contribution in [0.3, 0.4) is 0 Å². The van der Waals surface area contributed by atoms with Gasteiger partial charge in [-0.1, -0.05) is 25.8 Å². The molecule has 1 unspecified atom stereocenters. The first-order chi connectivity index (χ1) is 10.5. The molecule has 122 valence electrons. The lowest BCUT2D eigenvalue weighted by atomic mass is 9.68. The van der Waals surface area contributed by atoms with Gasteiger partial charge in [-0.3, -0.25) is 0 Å². The fraction of sp³-hybridized carbons (Fsp3) is 0.700. The molecular formula is C20H30FP. The van der Waals surface area contributed by atoms with Gasteiger partial charge in [0.1, 0.15) is 5.82 Å². The summed E-state index contributed by atoms with van der Waals surface area (Å²) in [7, 11) is 2.69. The summed E-state index contributed by atoms with van der Waals surface area (Å²) in [6, 6.07) is 3.98. The molecule has 22 heavy (non-hydrogen) atoms. The van der Waals surface area contributed by atoms with E-state index in [4.69, 9.17) is 0 Å². The molecule has 1 atom stereocenters. The summed E-state index contributed by atoms with van der Waals surface area (Å²) in [5.41, 5.74) is 2.00. The van der Waals surface area contributed by atoms with Crippen molar-refractivity contribution in [2.24, 2.45) is 17.8 Å². The zero-order chi connectivity index (χ0) is 15.7. The van der Waals surface area contributed by atoms with E-state index in [1.165, 1.54) is 56.9 Å². The molecule has 0 bridgehead atoms. The number of hydrogen-bond donors (Lipinski definition) is 0. The first-order valence-corrected chi connectivity index (χ1v) is 9.68. The molecule has 0 aliphatic heterocycles. The molecule has 0 N–H and O–H groups in total. The van der Waals surface area contributed by atoms with Crippen LogP contribution in [0.2, 0.25) is 0 Å². The minimum Gasteiger partial charge on any atom is -0.207 e. The van der Waals surface area contributed by atoms with Crippen LogP contribution in [0.25, 0.3) is 0 Å². The summed E-state index contributed by atoms with van der Waals surface area (Å²) in [6.45, 7) is 4.27. The highest BCUT2D eigenvalue weighted by atomic mass is 31.0. The van der Waals surface area contributed by atoms with E-state index in [0.717, 1.165) is 28.6 Å². The van der Waals surface area contributed by atoms with E-state index < -0.39 is 0 Å². The van der Waals surface area contributed by atoms with E-state index in [2.05, 4.69) is 22.2 Å². The molecule has 2 aliphatic carbocycles. The predicted octanol–water partition coefficient (Wildman–Crippen LogP) is 5.73. The summed E-state index contributed by atoms with van der Waals surface area (Å²) in [5, 5.41) is 1.03. The Balaban J connectivity index is 1.60. The Labute approximate surface area is 137 Å². The highest BCUT2D eigenvalue weighted by Crippen LogP contribution is 2.43. The number of halogens is 1. The maximum absolute atomic E-state index is 14.0. The molecule has 0 spiro atoms. The van der Waals surface area contributed by atoms with E-state index in [9.17, 15) is 4.39 Å². The van der Waals surface area contributed by atoms with Gasteiger partial charge < -0.3 is 0 Å². The Morgan fingerprint density at radius 2 is 1.45 bits per heavy atom. The normalized spacial score (nSPS) is 32.9. The van der Waals surface area contributed by atoms with Gasteiger partial charge in [-0.25, -0.2) is 4.39 Å². The molecule has 0 aromatic heterocycles. The van der Waals surface area contributed by atoms with Gasteiger partial charge in [0.25, 0.3) is 0 Å². The molecule has 3 rings (SSSR count). The molecule has 2 aliphatic rings. The Kier molecular flexibility index (Phi) is 5.23. The maximum Gasteiger partial charge on any atom is 0.127 e. The molecule has 0 saturated heterocycles. The Hall–Kier alpha value is -0.420. The van der Waals surface area contributed by atoms with E-state index in [1.54, 1.807) is 6.07 Å². The van der Waals surface area contributed by atoms with Crippen LogP contribution in [0.5, 0.6) is 0 Å². The van der Waals surface area contributed by atoms with Crippen molar-refractivity contribution in [1.29, 1.82) is 0 Å². The van der Waals surface area contributed by atoms with E-state index in [1.807, 2.05) is 6.92 Å². The minimum absolute atomic E-state index is 0.0362. The van der Waals surface area contributed by atoms with E-state index in [0.29, 0.717) is 5.92 Å². The maximum atomic E-state index is 14.0. The van der Waals surface area contributed by atoms with Gasteiger partial charge in [0.15, 0.2) is 0 Å². The van der Waals surface area contributed by atoms with Crippen molar-refractivity contribution >= 4 is 14.5 Å². The summed E-state index contributed by atoms with van der Waals surface area (Å²) in [5.74, 6) is 3.40. The van der Waals surface area contributed by atoms with Crippen LogP contribution < -0.4 is 5.30 Å². The SMILES string of the molecule is Cc1c(F)cc(C2CCC(C3CCC(C)CC3)CC2)cc1P. The lowest BCUT2D eigenvalue weighted by Gasteiger charge is -2.37. The zero-order valence-corrected chi connectivity index (χ0v) is 15.2. The van der Waals surface area contributed by atoms with Crippen molar-refractivity contribution in [2.75, 3.05) is 0 Å². The first-order valence-electron chi connectivity index (χ1n) is 9.10. The van der Waals surface area contributed by atoms with Gasteiger partial charge in [0.2, 0.25) is 0 Å². The van der Waals surface area contributed by atoms with Gasteiger partial charge in [-0.15, -0.1) is 9.24 Å². The van der Waals surface area contributed by atoms with Gasteiger partial charge in [0, 0.05) is 0 Å². The number of rotatable bonds is 2. The number of benzene rings is 1. The van der Waals surface area contributed by atoms with Crippen molar-refractivity contribution in [2.45, 2.75) is 71.1 Å². The molecule has 1 aromatic rings. The topological polar surface area (TPSA) is 0 Å². The second-order valence-corrected chi connectivity index (χ2v) is 8.47. The smallest absolute Gasteiger partial charge is 0.127 e. The summed E-state index contributed by atoms with van der Waals surface area (Å²) in [6.07, 6.45) is 11.0. The second-order valence-electron chi connectivity index (χ2n) is 7.85. The third-order valence-corrected chi connectivity index (χ3v) is 6.98. The molecule has 2 saturated carbocycles. The summed E-state index contributed by atoms with van der Waals surface area (Å²) >= 11 is 0. The Bertz CT molecular complexity index is 485.